The molecule has 0 atom stereocenters. The van der Waals surface area contributed by atoms with Crippen LogP contribution in [-0.2, 0) is 0 Å². The summed E-state index contributed by atoms with van der Waals surface area (Å²) >= 11 is 0. The van der Waals surface area contributed by atoms with Gasteiger partial charge in [-0.3, -0.25) is 0 Å². The predicted octanol–water partition coefficient (Wildman–Crippen LogP) is 2.94. The van der Waals surface area contributed by atoms with Crippen LogP contribution in [-0.4, -0.2) is 6.54 Å². The number of rotatable bonds is 4. The second-order valence-electron chi connectivity index (χ2n) is 2.06. The molecule has 10 heavy (non-hydrogen) atoms. The molecule has 0 radical (unpaired) electrons. The molecule has 0 aliphatic rings. The first-order chi connectivity index (χ1) is 4.77. The Labute approximate surface area is 65.5 Å². The van der Waals surface area contributed by atoms with Crippen molar-refractivity contribution in [2.24, 2.45) is 0 Å². The average Bonchev–Trinajstić information content (AvgIpc) is 1.92. The lowest BCUT2D eigenvalue weighted by Gasteiger charge is -2.00. The van der Waals surface area contributed by atoms with Gasteiger partial charge in [-0.15, -0.1) is 0 Å². The first kappa shape index (κ1) is 12.2. The van der Waals surface area contributed by atoms with Crippen molar-refractivity contribution in [3.8, 4) is 0 Å². The highest BCUT2D eigenvalue weighted by Gasteiger charge is 1.80. The van der Waals surface area contributed by atoms with E-state index in [1.54, 1.807) is 0 Å². The fourth-order valence-corrected chi connectivity index (χ4v) is 0.479. The number of unbranched alkanes of at least 4 members (excludes halogenated alkanes) is 1. The van der Waals surface area contributed by atoms with Crippen molar-refractivity contribution in [1.29, 1.82) is 0 Å². The van der Waals surface area contributed by atoms with Crippen LogP contribution in [0.2, 0.25) is 0 Å². The Kier molecular flexibility index (Phi) is 13.9. The normalized spacial score (nSPS) is 7.60. The zero-order valence-electron chi connectivity index (χ0n) is 7.83. The number of hydrogen-bond acceptors (Lipinski definition) is 1. The lowest BCUT2D eigenvalue weighted by Crippen LogP contribution is -2.10. The fraction of sp³-hybridized carbons (Fsp3) is 0.778. The zero-order valence-corrected chi connectivity index (χ0v) is 7.83. The van der Waals surface area contributed by atoms with Crippen LogP contribution in [0.15, 0.2) is 12.3 Å². The number of nitrogens with one attached hydrogen (secondary N) is 1. The Balaban J connectivity index is 0. The van der Waals surface area contributed by atoms with Gasteiger partial charge < -0.3 is 5.32 Å². The molecule has 0 aliphatic heterocycles. The molecule has 0 fully saturated rings. The van der Waals surface area contributed by atoms with Crippen molar-refractivity contribution in [2.45, 2.75) is 40.5 Å². The lowest BCUT2D eigenvalue weighted by atomic mass is 10.3. The van der Waals surface area contributed by atoms with Gasteiger partial charge in [0.2, 0.25) is 0 Å². The number of hydrogen-bond donors (Lipinski definition) is 1. The van der Waals surface area contributed by atoms with Crippen molar-refractivity contribution in [3.05, 3.63) is 12.3 Å². The molecule has 0 saturated heterocycles. The van der Waals surface area contributed by atoms with Crippen LogP contribution in [0.4, 0.5) is 0 Å². The highest BCUT2D eigenvalue weighted by Crippen LogP contribution is 1.84. The first-order valence-electron chi connectivity index (χ1n) is 4.16. The summed E-state index contributed by atoms with van der Waals surface area (Å²) in [7, 11) is 0. The molecule has 0 bridgehead atoms. The number of allylic oxidation sites excluding steroid dienone is 1. The van der Waals surface area contributed by atoms with E-state index in [-0.39, 0.29) is 0 Å². The Morgan fingerprint density at radius 3 is 2.20 bits per heavy atom. The van der Waals surface area contributed by atoms with Crippen LogP contribution in [0, 0.1) is 0 Å². The Bertz CT molecular complexity index is 67.1. The predicted molar refractivity (Wildman–Crippen MR) is 49.1 cm³/mol. The quantitative estimate of drug-likeness (QED) is 0.597. The summed E-state index contributed by atoms with van der Waals surface area (Å²) in [5, 5.41) is 3.15. The van der Waals surface area contributed by atoms with Crippen molar-refractivity contribution in [2.75, 3.05) is 6.54 Å². The van der Waals surface area contributed by atoms with E-state index in [9.17, 15) is 0 Å². The monoisotopic (exact) mass is 143 g/mol. The van der Waals surface area contributed by atoms with Gasteiger partial charge >= 0.3 is 0 Å². The van der Waals surface area contributed by atoms with Crippen LogP contribution < -0.4 is 5.32 Å². The summed E-state index contributed by atoms with van der Waals surface area (Å²) in [6.07, 6.45) is 2.49. The van der Waals surface area contributed by atoms with Crippen molar-refractivity contribution < 1.29 is 0 Å². The molecule has 1 N–H and O–H groups in total. The highest BCUT2D eigenvalue weighted by atomic mass is 14.9. The third-order valence-corrected chi connectivity index (χ3v) is 0.957. The lowest BCUT2D eigenvalue weighted by molar-refractivity contribution is 0.712. The average molecular weight is 143 g/mol. The third-order valence-electron chi connectivity index (χ3n) is 0.957. The second-order valence-corrected chi connectivity index (χ2v) is 2.06. The van der Waals surface area contributed by atoms with Gasteiger partial charge in [-0.2, -0.15) is 0 Å². The summed E-state index contributed by atoms with van der Waals surface area (Å²) in [4.78, 5) is 0. The standard InChI is InChI=1S/C7H15N.C2H6/c1-4-5-6-8-7(2)3;1-2/h8H,2,4-6H2,1,3H3;1-2H3. The van der Waals surface area contributed by atoms with Crippen LogP contribution in [0.5, 0.6) is 0 Å². The molecule has 0 aromatic heterocycles. The van der Waals surface area contributed by atoms with Gasteiger partial charge in [-0.1, -0.05) is 33.8 Å². The summed E-state index contributed by atoms with van der Waals surface area (Å²) in [5.74, 6) is 0. The second kappa shape index (κ2) is 11.4. The molecular formula is C9H21N. The van der Waals surface area contributed by atoms with E-state index in [2.05, 4.69) is 18.8 Å². The minimum Gasteiger partial charge on any atom is -0.389 e. The SMILES string of the molecule is C=C(C)NCCCC.CC. The molecule has 0 aromatic carbocycles. The first-order valence-corrected chi connectivity index (χ1v) is 4.16. The van der Waals surface area contributed by atoms with E-state index in [0.717, 1.165) is 12.2 Å². The van der Waals surface area contributed by atoms with E-state index in [1.807, 2.05) is 20.8 Å². The van der Waals surface area contributed by atoms with Gasteiger partial charge in [0.15, 0.2) is 0 Å². The van der Waals surface area contributed by atoms with E-state index in [1.165, 1.54) is 12.8 Å². The molecule has 0 heterocycles. The third kappa shape index (κ3) is 15.6. The maximum Gasteiger partial charge on any atom is 0.0143 e. The van der Waals surface area contributed by atoms with E-state index in [0.29, 0.717) is 0 Å². The van der Waals surface area contributed by atoms with Gasteiger partial charge in [0.05, 0.1) is 0 Å². The molecule has 0 unspecified atom stereocenters. The Morgan fingerprint density at radius 2 is 1.90 bits per heavy atom. The fourth-order valence-electron chi connectivity index (χ4n) is 0.479. The Hall–Kier alpha value is -0.460. The van der Waals surface area contributed by atoms with Crippen molar-refractivity contribution >= 4 is 0 Å². The van der Waals surface area contributed by atoms with Gasteiger partial charge in [0.1, 0.15) is 0 Å². The van der Waals surface area contributed by atoms with Gasteiger partial charge in [0, 0.05) is 12.2 Å². The largest absolute Gasteiger partial charge is 0.389 e. The summed E-state index contributed by atoms with van der Waals surface area (Å²) in [5.41, 5.74) is 1.07. The molecule has 0 aromatic rings. The maximum atomic E-state index is 3.72. The van der Waals surface area contributed by atoms with Crippen molar-refractivity contribution in [1.82, 2.24) is 5.32 Å². The summed E-state index contributed by atoms with van der Waals surface area (Å²) in [6, 6.07) is 0. The van der Waals surface area contributed by atoms with E-state index < -0.39 is 0 Å². The smallest absolute Gasteiger partial charge is 0.0143 e. The van der Waals surface area contributed by atoms with Crippen molar-refractivity contribution in [3.63, 3.8) is 0 Å². The topological polar surface area (TPSA) is 12.0 Å². The zero-order chi connectivity index (χ0) is 8.41. The Morgan fingerprint density at radius 1 is 1.40 bits per heavy atom. The van der Waals surface area contributed by atoms with Gasteiger partial charge in [-0.25, -0.2) is 0 Å². The minimum atomic E-state index is 1.07. The van der Waals surface area contributed by atoms with Crippen LogP contribution in [0.1, 0.15) is 40.5 Å². The molecule has 62 valence electrons. The summed E-state index contributed by atoms with van der Waals surface area (Å²) in [6.45, 7) is 13.0. The molecule has 1 heteroatoms. The molecule has 0 saturated carbocycles. The molecule has 1 nitrogen and oxygen atoms in total. The van der Waals surface area contributed by atoms with E-state index in [4.69, 9.17) is 0 Å². The van der Waals surface area contributed by atoms with Gasteiger partial charge in [-0.05, 0) is 13.3 Å². The molecule has 0 rings (SSSR count). The molecule has 0 spiro atoms. The van der Waals surface area contributed by atoms with E-state index >= 15 is 0 Å². The van der Waals surface area contributed by atoms with Crippen LogP contribution in [0.3, 0.4) is 0 Å². The van der Waals surface area contributed by atoms with Crippen LogP contribution >= 0.6 is 0 Å². The van der Waals surface area contributed by atoms with Gasteiger partial charge in [0.25, 0.3) is 0 Å². The maximum absolute atomic E-state index is 3.72. The highest BCUT2D eigenvalue weighted by molar-refractivity contribution is 4.83. The molecular weight excluding hydrogens is 122 g/mol. The summed E-state index contributed by atoms with van der Waals surface area (Å²) < 4.78 is 0. The molecule has 0 aliphatic carbocycles. The minimum absolute atomic E-state index is 1.07. The molecule has 0 amide bonds. The van der Waals surface area contributed by atoms with Crippen LogP contribution in [0.25, 0.3) is 0 Å².